The van der Waals surface area contributed by atoms with Crippen LogP contribution in [-0.2, 0) is 0 Å². The molecule has 57 heavy (non-hydrogen) atoms. The molecule has 0 atom stereocenters. The Balaban J connectivity index is 1.14. The van der Waals surface area contributed by atoms with Crippen LogP contribution in [0.4, 0.5) is 0 Å². The third kappa shape index (κ3) is 6.42. The Morgan fingerprint density at radius 3 is 1.40 bits per heavy atom. The van der Waals surface area contributed by atoms with Gasteiger partial charge in [-0.1, -0.05) is 164 Å². The molecule has 2 aromatic heterocycles. The van der Waals surface area contributed by atoms with Gasteiger partial charge in [-0.05, 0) is 74.8 Å². The molecule has 2 heterocycles. The van der Waals surface area contributed by atoms with Crippen LogP contribution in [0, 0.1) is 11.3 Å². The highest BCUT2D eigenvalue weighted by Crippen LogP contribution is 2.42. The number of hydrogen-bond donors (Lipinski definition) is 0. The number of nitriles is 1. The zero-order valence-electron chi connectivity index (χ0n) is 30.7. The van der Waals surface area contributed by atoms with Gasteiger partial charge in [0.15, 0.2) is 17.5 Å². The summed E-state index contributed by atoms with van der Waals surface area (Å²) in [6, 6.07) is 68.2. The van der Waals surface area contributed by atoms with Crippen molar-refractivity contribution in [2.45, 2.75) is 0 Å². The second-order valence-electron chi connectivity index (χ2n) is 13.9. The maximum absolute atomic E-state index is 9.26. The molecule has 0 radical (unpaired) electrons. The van der Waals surface area contributed by atoms with E-state index in [1.54, 1.807) is 0 Å². The summed E-state index contributed by atoms with van der Waals surface area (Å²) in [5.41, 5.74) is 13.5. The summed E-state index contributed by atoms with van der Waals surface area (Å²) in [4.78, 5) is 15.3. The normalized spacial score (nSPS) is 11.1. The third-order valence-electron chi connectivity index (χ3n) is 10.4. The van der Waals surface area contributed by atoms with Crippen molar-refractivity contribution < 1.29 is 4.42 Å². The van der Waals surface area contributed by atoms with Crippen molar-refractivity contribution in [3.05, 3.63) is 200 Å². The van der Waals surface area contributed by atoms with Crippen LogP contribution < -0.4 is 0 Å². The standard InChI is InChI=1S/C52H32N4O/c53-33-34-19-21-36(22-20-34)38-25-29-42(30-26-38)51-54-50(41-15-8-3-9-16-41)55-52(56-51)45-32-48-46(31-44(45)39-13-6-2-7-14-39)49-43(17-10-18-47(49)57-48)40-27-23-37(24-28-40)35-11-4-1-5-12-35/h1-32H. The van der Waals surface area contributed by atoms with Crippen LogP contribution in [0.15, 0.2) is 199 Å². The maximum atomic E-state index is 9.26. The smallest absolute Gasteiger partial charge is 0.164 e. The predicted molar refractivity (Wildman–Crippen MR) is 230 cm³/mol. The van der Waals surface area contributed by atoms with Crippen molar-refractivity contribution in [3.63, 3.8) is 0 Å². The number of furan rings is 1. The maximum Gasteiger partial charge on any atom is 0.164 e. The molecule has 0 spiro atoms. The van der Waals surface area contributed by atoms with Crippen molar-refractivity contribution >= 4 is 21.9 Å². The van der Waals surface area contributed by atoms with E-state index in [-0.39, 0.29) is 0 Å². The van der Waals surface area contributed by atoms with Crippen LogP contribution >= 0.6 is 0 Å². The molecule has 0 saturated carbocycles. The van der Waals surface area contributed by atoms with E-state index < -0.39 is 0 Å². The van der Waals surface area contributed by atoms with E-state index in [2.05, 4.69) is 115 Å². The van der Waals surface area contributed by atoms with E-state index in [1.807, 2.05) is 84.9 Å². The van der Waals surface area contributed by atoms with Crippen LogP contribution in [0.5, 0.6) is 0 Å². The average molecular weight is 729 g/mol. The molecule has 0 aliphatic carbocycles. The second kappa shape index (κ2) is 14.4. The SMILES string of the molecule is N#Cc1ccc(-c2ccc(-c3nc(-c4ccccc4)nc(-c4cc5oc6cccc(-c7ccc(-c8ccccc8)cc7)c6c5cc4-c4ccccc4)n3)cc2)cc1. The lowest BCUT2D eigenvalue weighted by Crippen LogP contribution is -2.01. The van der Waals surface area contributed by atoms with Gasteiger partial charge in [-0.2, -0.15) is 5.26 Å². The van der Waals surface area contributed by atoms with Gasteiger partial charge < -0.3 is 4.42 Å². The van der Waals surface area contributed by atoms with E-state index >= 15 is 0 Å². The summed E-state index contributed by atoms with van der Waals surface area (Å²) in [5.74, 6) is 1.69. The first-order valence-corrected chi connectivity index (χ1v) is 18.8. The van der Waals surface area contributed by atoms with E-state index in [1.165, 1.54) is 11.1 Å². The molecule has 5 heteroatoms. The number of hydrogen-bond acceptors (Lipinski definition) is 5. The zero-order valence-corrected chi connectivity index (χ0v) is 30.7. The molecule has 0 unspecified atom stereocenters. The fraction of sp³-hybridized carbons (Fsp3) is 0. The first-order valence-electron chi connectivity index (χ1n) is 18.8. The van der Waals surface area contributed by atoms with Crippen LogP contribution in [-0.4, -0.2) is 15.0 Å². The average Bonchev–Trinajstić information content (AvgIpc) is 3.67. The molecular formula is C52H32N4O. The topological polar surface area (TPSA) is 75.6 Å². The van der Waals surface area contributed by atoms with Crippen molar-refractivity contribution in [1.29, 1.82) is 5.26 Å². The summed E-state index contributed by atoms with van der Waals surface area (Å²) in [7, 11) is 0. The molecule has 0 aliphatic rings. The Bertz CT molecular complexity index is 3080. The van der Waals surface area contributed by atoms with Gasteiger partial charge in [0.1, 0.15) is 11.2 Å². The largest absolute Gasteiger partial charge is 0.456 e. The molecule has 10 rings (SSSR count). The summed E-state index contributed by atoms with van der Waals surface area (Å²) >= 11 is 0. The number of rotatable bonds is 7. The minimum atomic E-state index is 0.549. The van der Waals surface area contributed by atoms with Crippen molar-refractivity contribution in [1.82, 2.24) is 15.0 Å². The van der Waals surface area contributed by atoms with Crippen LogP contribution in [0.25, 0.3) is 101 Å². The second-order valence-corrected chi connectivity index (χ2v) is 13.9. The highest BCUT2D eigenvalue weighted by Gasteiger charge is 2.21. The van der Waals surface area contributed by atoms with E-state index in [0.29, 0.717) is 23.0 Å². The molecule has 266 valence electrons. The fourth-order valence-electron chi connectivity index (χ4n) is 7.52. The Morgan fingerprint density at radius 1 is 0.351 bits per heavy atom. The lowest BCUT2D eigenvalue weighted by Gasteiger charge is -2.13. The highest BCUT2D eigenvalue weighted by atomic mass is 16.3. The highest BCUT2D eigenvalue weighted by molar-refractivity contribution is 6.14. The Morgan fingerprint density at radius 2 is 0.807 bits per heavy atom. The zero-order chi connectivity index (χ0) is 38.1. The van der Waals surface area contributed by atoms with Gasteiger partial charge in [0, 0.05) is 27.5 Å². The summed E-state index contributed by atoms with van der Waals surface area (Å²) < 4.78 is 6.67. The van der Waals surface area contributed by atoms with E-state index in [0.717, 1.165) is 72.0 Å². The number of benzene rings is 8. The van der Waals surface area contributed by atoms with Crippen molar-refractivity contribution in [2.75, 3.05) is 0 Å². The van der Waals surface area contributed by atoms with Crippen molar-refractivity contribution in [3.8, 4) is 84.7 Å². The van der Waals surface area contributed by atoms with Gasteiger partial charge in [-0.25, -0.2) is 15.0 Å². The molecule has 0 saturated heterocycles. The molecule has 10 aromatic rings. The lowest BCUT2D eigenvalue weighted by atomic mass is 9.93. The fourth-order valence-corrected chi connectivity index (χ4v) is 7.52. The molecule has 0 amide bonds. The number of fused-ring (bicyclic) bond motifs is 3. The number of nitrogens with zero attached hydrogens (tertiary/aromatic N) is 4. The lowest BCUT2D eigenvalue weighted by molar-refractivity contribution is 0.669. The van der Waals surface area contributed by atoms with Crippen LogP contribution in [0.2, 0.25) is 0 Å². The van der Waals surface area contributed by atoms with Gasteiger partial charge in [-0.3, -0.25) is 0 Å². The predicted octanol–water partition coefficient (Wildman–Crippen LogP) is 13.3. The summed E-state index contributed by atoms with van der Waals surface area (Å²) in [6.07, 6.45) is 0. The quantitative estimate of drug-likeness (QED) is 0.163. The van der Waals surface area contributed by atoms with Gasteiger partial charge in [0.25, 0.3) is 0 Å². The first kappa shape index (κ1) is 33.6. The minimum absolute atomic E-state index is 0.549. The summed E-state index contributed by atoms with van der Waals surface area (Å²) in [6.45, 7) is 0. The van der Waals surface area contributed by atoms with Crippen LogP contribution in [0.1, 0.15) is 5.56 Å². The van der Waals surface area contributed by atoms with E-state index in [4.69, 9.17) is 19.4 Å². The molecule has 0 aliphatic heterocycles. The Labute approximate surface area is 329 Å². The Kier molecular flexibility index (Phi) is 8.48. The van der Waals surface area contributed by atoms with Gasteiger partial charge in [-0.15, -0.1) is 0 Å². The van der Waals surface area contributed by atoms with Gasteiger partial charge in [0.05, 0.1) is 11.6 Å². The van der Waals surface area contributed by atoms with Gasteiger partial charge >= 0.3 is 0 Å². The molecule has 0 N–H and O–H groups in total. The molecular weight excluding hydrogens is 697 g/mol. The molecule has 0 fully saturated rings. The Hall–Kier alpha value is -7.94. The molecule has 0 bridgehead atoms. The molecule has 5 nitrogen and oxygen atoms in total. The first-order chi connectivity index (χ1) is 28.2. The van der Waals surface area contributed by atoms with Crippen molar-refractivity contribution in [2.24, 2.45) is 0 Å². The minimum Gasteiger partial charge on any atom is -0.456 e. The van der Waals surface area contributed by atoms with Crippen LogP contribution in [0.3, 0.4) is 0 Å². The van der Waals surface area contributed by atoms with E-state index in [9.17, 15) is 5.26 Å². The summed E-state index contributed by atoms with van der Waals surface area (Å²) in [5, 5.41) is 11.3. The number of aromatic nitrogens is 3. The molecule has 8 aromatic carbocycles. The third-order valence-corrected chi connectivity index (χ3v) is 10.4. The monoisotopic (exact) mass is 728 g/mol. The van der Waals surface area contributed by atoms with Gasteiger partial charge in [0.2, 0.25) is 0 Å².